The summed E-state index contributed by atoms with van der Waals surface area (Å²) in [5.41, 5.74) is 1.13. The molecule has 1 saturated carbocycles. The molecule has 0 spiro atoms. The zero-order valence-electron chi connectivity index (χ0n) is 12.0. The van der Waals surface area contributed by atoms with E-state index in [0.717, 1.165) is 19.3 Å². The predicted octanol–water partition coefficient (Wildman–Crippen LogP) is 2.13. The van der Waals surface area contributed by atoms with Crippen LogP contribution >= 0.6 is 0 Å². The van der Waals surface area contributed by atoms with Crippen molar-refractivity contribution < 1.29 is 8.42 Å². The number of hydrogen-bond acceptors (Lipinski definition) is 3. The van der Waals surface area contributed by atoms with E-state index in [2.05, 4.69) is 28.8 Å². The zero-order valence-corrected chi connectivity index (χ0v) is 12.8. The van der Waals surface area contributed by atoms with Crippen LogP contribution in [0, 0.1) is 25.7 Å². The van der Waals surface area contributed by atoms with Crippen LogP contribution in [0.3, 0.4) is 0 Å². The first-order valence-electron chi connectivity index (χ1n) is 6.85. The molecule has 2 N–H and O–H groups in total. The van der Waals surface area contributed by atoms with Gasteiger partial charge in [-0.05, 0) is 44.9 Å². The monoisotopic (exact) mass is 285 g/mol. The highest BCUT2D eigenvalue weighted by Crippen LogP contribution is 2.30. The van der Waals surface area contributed by atoms with Crippen molar-refractivity contribution in [3.63, 3.8) is 0 Å². The van der Waals surface area contributed by atoms with Crippen molar-refractivity contribution in [1.82, 2.24) is 14.9 Å². The summed E-state index contributed by atoms with van der Waals surface area (Å²) in [6.07, 6.45) is 3.08. The Hall–Kier alpha value is -0.880. The molecule has 1 aliphatic rings. The molecule has 3 atom stereocenters. The van der Waals surface area contributed by atoms with Gasteiger partial charge >= 0.3 is 0 Å². The lowest BCUT2D eigenvalue weighted by atomic mass is 9.80. The minimum absolute atomic E-state index is 0.0369. The van der Waals surface area contributed by atoms with Gasteiger partial charge < -0.3 is 0 Å². The second-order valence-electron chi connectivity index (χ2n) is 5.89. The number of hydrogen-bond donors (Lipinski definition) is 2. The fourth-order valence-corrected chi connectivity index (χ4v) is 4.79. The molecule has 108 valence electrons. The molecule has 1 fully saturated rings. The largest absolute Gasteiger partial charge is 0.281 e. The molecule has 0 bridgehead atoms. The predicted molar refractivity (Wildman–Crippen MR) is 74.4 cm³/mol. The lowest BCUT2D eigenvalue weighted by Gasteiger charge is -2.32. The normalized spacial score (nSPS) is 28.5. The molecule has 0 amide bonds. The number of aromatic amines is 1. The number of sulfonamides is 1. The number of aryl methyl sites for hydroxylation is 2. The number of nitrogens with one attached hydrogen (secondary N) is 2. The first-order chi connectivity index (χ1) is 8.81. The van der Waals surface area contributed by atoms with Crippen LogP contribution in [0.4, 0.5) is 0 Å². The second kappa shape index (κ2) is 5.25. The van der Waals surface area contributed by atoms with Gasteiger partial charge in [-0.3, -0.25) is 5.10 Å². The van der Waals surface area contributed by atoms with Crippen LogP contribution in [0.15, 0.2) is 4.90 Å². The SMILES string of the molecule is Cc1n[nH]c(C)c1S(=O)(=O)NC1CCC(C)CC1C. The lowest BCUT2D eigenvalue weighted by Crippen LogP contribution is -2.42. The van der Waals surface area contributed by atoms with Crippen molar-refractivity contribution >= 4 is 10.0 Å². The molecule has 3 unspecified atom stereocenters. The Morgan fingerprint density at radius 3 is 2.47 bits per heavy atom. The van der Waals surface area contributed by atoms with Crippen LogP contribution < -0.4 is 4.72 Å². The molecule has 2 rings (SSSR count). The van der Waals surface area contributed by atoms with Gasteiger partial charge in [0.05, 0.1) is 11.4 Å². The Labute approximate surface area is 115 Å². The van der Waals surface area contributed by atoms with Crippen LogP contribution in [0.1, 0.15) is 44.5 Å². The molecule has 5 nitrogen and oxygen atoms in total. The van der Waals surface area contributed by atoms with Gasteiger partial charge in [0, 0.05) is 6.04 Å². The van der Waals surface area contributed by atoms with E-state index in [9.17, 15) is 8.42 Å². The number of aromatic nitrogens is 2. The van der Waals surface area contributed by atoms with Gasteiger partial charge in [0.25, 0.3) is 0 Å². The molecule has 1 aliphatic carbocycles. The minimum Gasteiger partial charge on any atom is -0.281 e. The van der Waals surface area contributed by atoms with Gasteiger partial charge in [-0.25, -0.2) is 13.1 Å². The molecule has 1 aromatic heterocycles. The van der Waals surface area contributed by atoms with Gasteiger partial charge in [-0.2, -0.15) is 5.10 Å². The van der Waals surface area contributed by atoms with E-state index in [1.54, 1.807) is 13.8 Å². The fraction of sp³-hybridized carbons (Fsp3) is 0.769. The van der Waals surface area contributed by atoms with Crippen LogP contribution in [0.2, 0.25) is 0 Å². The van der Waals surface area contributed by atoms with E-state index < -0.39 is 10.0 Å². The molecule has 1 aromatic rings. The minimum atomic E-state index is -3.47. The maximum absolute atomic E-state index is 12.5. The third-order valence-corrected chi connectivity index (χ3v) is 5.82. The molecule has 0 radical (unpaired) electrons. The summed E-state index contributed by atoms with van der Waals surface area (Å²) < 4.78 is 27.8. The lowest BCUT2D eigenvalue weighted by molar-refractivity contribution is 0.249. The van der Waals surface area contributed by atoms with Gasteiger partial charge in [-0.1, -0.05) is 13.8 Å². The number of H-pyrrole nitrogens is 1. The van der Waals surface area contributed by atoms with Gasteiger partial charge in [0.15, 0.2) is 0 Å². The van der Waals surface area contributed by atoms with E-state index in [-0.39, 0.29) is 6.04 Å². The van der Waals surface area contributed by atoms with Gasteiger partial charge in [-0.15, -0.1) is 0 Å². The Morgan fingerprint density at radius 1 is 1.26 bits per heavy atom. The van der Waals surface area contributed by atoms with E-state index >= 15 is 0 Å². The summed E-state index contributed by atoms with van der Waals surface area (Å²) in [5.74, 6) is 1.07. The Kier molecular flexibility index (Phi) is 4.01. The van der Waals surface area contributed by atoms with E-state index in [1.165, 1.54) is 0 Å². The van der Waals surface area contributed by atoms with Crippen LogP contribution in [-0.4, -0.2) is 24.7 Å². The zero-order chi connectivity index (χ0) is 14.2. The fourth-order valence-electron chi connectivity index (χ4n) is 3.04. The van der Waals surface area contributed by atoms with E-state index in [1.807, 2.05) is 0 Å². The standard InChI is InChI=1S/C13H23N3O2S/c1-8-5-6-12(9(2)7-8)16-19(17,18)13-10(3)14-15-11(13)4/h8-9,12,16H,5-7H2,1-4H3,(H,14,15). The summed E-state index contributed by atoms with van der Waals surface area (Å²) in [5, 5.41) is 6.69. The Bertz CT molecular complexity index is 531. The van der Waals surface area contributed by atoms with Crippen molar-refractivity contribution in [2.24, 2.45) is 11.8 Å². The topological polar surface area (TPSA) is 74.8 Å². The van der Waals surface area contributed by atoms with E-state index in [0.29, 0.717) is 28.1 Å². The third-order valence-electron chi connectivity index (χ3n) is 4.07. The average molecular weight is 285 g/mol. The van der Waals surface area contributed by atoms with Crippen LogP contribution in [-0.2, 0) is 10.0 Å². The molecule has 6 heteroatoms. The Balaban J connectivity index is 2.18. The van der Waals surface area contributed by atoms with Crippen LogP contribution in [0.5, 0.6) is 0 Å². The highest BCUT2D eigenvalue weighted by molar-refractivity contribution is 7.89. The summed E-state index contributed by atoms with van der Waals surface area (Å²) in [7, 11) is -3.47. The first-order valence-corrected chi connectivity index (χ1v) is 8.33. The van der Waals surface area contributed by atoms with Crippen molar-refractivity contribution in [2.45, 2.75) is 57.9 Å². The number of rotatable bonds is 3. The molecular weight excluding hydrogens is 262 g/mol. The molecule has 1 heterocycles. The third kappa shape index (κ3) is 3.00. The molecule has 19 heavy (non-hydrogen) atoms. The first kappa shape index (κ1) is 14.5. The highest BCUT2D eigenvalue weighted by atomic mass is 32.2. The van der Waals surface area contributed by atoms with Crippen molar-refractivity contribution in [3.05, 3.63) is 11.4 Å². The quantitative estimate of drug-likeness (QED) is 0.893. The highest BCUT2D eigenvalue weighted by Gasteiger charge is 2.31. The Morgan fingerprint density at radius 2 is 1.95 bits per heavy atom. The van der Waals surface area contributed by atoms with Crippen molar-refractivity contribution in [2.75, 3.05) is 0 Å². The maximum atomic E-state index is 12.5. The number of nitrogens with zero attached hydrogens (tertiary/aromatic N) is 1. The summed E-state index contributed by atoms with van der Waals surface area (Å²) >= 11 is 0. The van der Waals surface area contributed by atoms with Crippen LogP contribution in [0.25, 0.3) is 0 Å². The van der Waals surface area contributed by atoms with Gasteiger partial charge in [0.2, 0.25) is 10.0 Å². The molecular formula is C13H23N3O2S. The maximum Gasteiger partial charge on any atom is 0.244 e. The van der Waals surface area contributed by atoms with Gasteiger partial charge in [0.1, 0.15) is 4.90 Å². The molecule has 0 saturated heterocycles. The molecule has 0 aliphatic heterocycles. The molecule has 0 aromatic carbocycles. The summed E-state index contributed by atoms with van der Waals surface area (Å²) in [6.45, 7) is 7.80. The van der Waals surface area contributed by atoms with E-state index in [4.69, 9.17) is 0 Å². The smallest absolute Gasteiger partial charge is 0.244 e. The second-order valence-corrected chi connectivity index (χ2v) is 7.54. The van der Waals surface area contributed by atoms with Crippen molar-refractivity contribution in [3.8, 4) is 0 Å². The van der Waals surface area contributed by atoms with Crippen molar-refractivity contribution in [1.29, 1.82) is 0 Å². The average Bonchev–Trinajstić information content (AvgIpc) is 2.63. The summed E-state index contributed by atoms with van der Waals surface area (Å²) in [6, 6.07) is 0.0369. The summed E-state index contributed by atoms with van der Waals surface area (Å²) in [4.78, 5) is 0.304.